The first-order valence-electron chi connectivity index (χ1n) is 7.30. The Morgan fingerprint density at radius 2 is 1.75 bits per heavy atom. The number of carbonyl (C=O) groups is 2. The Bertz CT molecular complexity index is 842. The SMILES string of the molecule is O=C(O)CNC(O)C1=C(O)c2cc(-c3ccccc3)ccc2C1=O. The molecule has 0 bridgehead atoms. The third-order valence-electron chi connectivity index (χ3n) is 3.85. The van der Waals surface area contributed by atoms with Crippen molar-refractivity contribution < 1.29 is 24.9 Å². The van der Waals surface area contributed by atoms with E-state index in [1.54, 1.807) is 18.2 Å². The van der Waals surface area contributed by atoms with Crippen LogP contribution in [0.25, 0.3) is 16.9 Å². The van der Waals surface area contributed by atoms with Gasteiger partial charge in [-0.05, 0) is 23.3 Å². The average molecular weight is 325 g/mol. The van der Waals surface area contributed by atoms with Crippen LogP contribution >= 0.6 is 0 Å². The van der Waals surface area contributed by atoms with Crippen LogP contribution in [0.3, 0.4) is 0 Å². The van der Waals surface area contributed by atoms with Gasteiger partial charge in [0.05, 0.1) is 12.1 Å². The second-order valence-electron chi connectivity index (χ2n) is 5.39. The van der Waals surface area contributed by atoms with Crippen molar-refractivity contribution in [3.05, 3.63) is 65.2 Å². The van der Waals surface area contributed by atoms with Gasteiger partial charge in [0.25, 0.3) is 0 Å². The summed E-state index contributed by atoms with van der Waals surface area (Å²) in [6, 6.07) is 14.5. The molecular weight excluding hydrogens is 310 g/mol. The van der Waals surface area contributed by atoms with E-state index in [-0.39, 0.29) is 16.9 Å². The number of carboxylic acids is 1. The molecule has 122 valence electrons. The second-order valence-corrected chi connectivity index (χ2v) is 5.39. The van der Waals surface area contributed by atoms with Crippen molar-refractivity contribution in [1.29, 1.82) is 0 Å². The summed E-state index contributed by atoms with van der Waals surface area (Å²) in [5.74, 6) is -2.03. The summed E-state index contributed by atoms with van der Waals surface area (Å²) in [5.41, 5.74) is 2.11. The second kappa shape index (κ2) is 6.27. The van der Waals surface area contributed by atoms with Crippen LogP contribution in [0, 0.1) is 0 Å². The summed E-state index contributed by atoms with van der Waals surface area (Å²) in [6.07, 6.45) is -1.55. The largest absolute Gasteiger partial charge is 0.507 e. The average Bonchev–Trinajstić information content (AvgIpc) is 2.84. The molecule has 1 unspecified atom stereocenters. The zero-order chi connectivity index (χ0) is 17.3. The van der Waals surface area contributed by atoms with E-state index in [9.17, 15) is 19.8 Å². The number of aliphatic hydroxyl groups excluding tert-OH is 2. The van der Waals surface area contributed by atoms with Gasteiger partial charge < -0.3 is 15.3 Å². The number of benzene rings is 2. The smallest absolute Gasteiger partial charge is 0.317 e. The van der Waals surface area contributed by atoms with Crippen LogP contribution < -0.4 is 5.32 Å². The summed E-state index contributed by atoms with van der Waals surface area (Å²) < 4.78 is 0. The lowest BCUT2D eigenvalue weighted by atomic mass is 10.00. The first-order chi connectivity index (χ1) is 11.5. The normalized spacial score (nSPS) is 14.6. The topological polar surface area (TPSA) is 107 Å². The molecule has 0 saturated carbocycles. The van der Waals surface area contributed by atoms with Crippen LogP contribution in [-0.2, 0) is 4.79 Å². The number of aliphatic hydroxyl groups is 2. The zero-order valence-corrected chi connectivity index (χ0v) is 12.6. The highest BCUT2D eigenvalue weighted by Gasteiger charge is 2.34. The van der Waals surface area contributed by atoms with Gasteiger partial charge in [0, 0.05) is 11.1 Å². The molecule has 1 aliphatic carbocycles. The number of Topliss-reactive ketones (excluding diaryl/α,β-unsaturated/α-hetero) is 1. The Hall–Kier alpha value is -2.96. The molecule has 3 rings (SSSR count). The quantitative estimate of drug-likeness (QED) is 0.625. The predicted molar refractivity (Wildman–Crippen MR) is 87.4 cm³/mol. The molecule has 2 aromatic rings. The molecule has 0 heterocycles. The maximum Gasteiger partial charge on any atom is 0.317 e. The highest BCUT2D eigenvalue weighted by atomic mass is 16.4. The van der Waals surface area contributed by atoms with Gasteiger partial charge in [-0.25, -0.2) is 0 Å². The van der Waals surface area contributed by atoms with Crippen molar-refractivity contribution in [1.82, 2.24) is 5.32 Å². The number of rotatable bonds is 5. The van der Waals surface area contributed by atoms with Crippen LogP contribution in [0.15, 0.2) is 54.1 Å². The number of carbonyl (C=O) groups excluding carboxylic acids is 1. The van der Waals surface area contributed by atoms with Gasteiger partial charge in [-0.3, -0.25) is 14.9 Å². The van der Waals surface area contributed by atoms with Gasteiger partial charge in [0.2, 0.25) is 0 Å². The van der Waals surface area contributed by atoms with Gasteiger partial charge >= 0.3 is 5.97 Å². The Balaban J connectivity index is 1.97. The molecule has 6 nitrogen and oxygen atoms in total. The summed E-state index contributed by atoms with van der Waals surface area (Å²) in [6.45, 7) is -0.531. The van der Waals surface area contributed by atoms with Gasteiger partial charge in [0.15, 0.2) is 5.78 Å². The first kappa shape index (κ1) is 15.9. The highest BCUT2D eigenvalue weighted by Crippen LogP contribution is 2.35. The Labute approximate surface area is 137 Å². The standard InChI is InChI=1S/C18H15NO5/c20-14(21)9-19-18(24)15-16(22)12-7-6-11(8-13(12)17(15)23)10-4-2-1-3-5-10/h1-8,18-19,23-24H,9H2,(H,20,21). The number of aliphatic carboxylic acids is 1. The highest BCUT2D eigenvalue weighted by molar-refractivity contribution is 6.20. The molecule has 2 aromatic carbocycles. The van der Waals surface area contributed by atoms with E-state index < -0.39 is 24.5 Å². The van der Waals surface area contributed by atoms with E-state index >= 15 is 0 Å². The molecule has 4 N–H and O–H groups in total. The van der Waals surface area contributed by atoms with Crippen molar-refractivity contribution in [3.63, 3.8) is 0 Å². The van der Waals surface area contributed by atoms with E-state index in [1.165, 1.54) is 0 Å². The Kier molecular flexibility index (Phi) is 4.16. The van der Waals surface area contributed by atoms with E-state index in [0.29, 0.717) is 5.56 Å². The molecule has 0 amide bonds. The van der Waals surface area contributed by atoms with E-state index in [2.05, 4.69) is 5.32 Å². The third-order valence-corrected chi connectivity index (χ3v) is 3.85. The van der Waals surface area contributed by atoms with Crippen molar-refractivity contribution in [2.45, 2.75) is 6.23 Å². The molecule has 0 radical (unpaired) electrons. The summed E-state index contributed by atoms with van der Waals surface area (Å²) >= 11 is 0. The molecule has 6 heteroatoms. The van der Waals surface area contributed by atoms with Crippen LogP contribution in [0.5, 0.6) is 0 Å². The summed E-state index contributed by atoms with van der Waals surface area (Å²) in [4.78, 5) is 22.9. The van der Waals surface area contributed by atoms with Crippen LogP contribution in [0.2, 0.25) is 0 Å². The molecule has 0 aliphatic heterocycles. The van der Waals surface area contributed by atoms with E-state index in [1.807, 2.05) is 30.3 Å². The number of hydrogen-bond donors (Lipinski definition) is 4. The van der Waals surface area contributed by atoms with Crippen molar-refractivity contribution in [2.75, 3.05) is 6.54 Å². The van der Waals surface area contributed by atoms with Gasteiger partial charge in [-0.15, -0.1) is 0 Å². The first-order valence-corrected chi connectivity index (χ1v) is 7.30. The summed E-state index contributed by atoms with van der Waals surface area (Å²) in [7, 11) is 0. The number of hydrogen-bond acceptors (Lipinski definition) is 5. The monoisotopic (exact) mass is 325 g/mol. The molecule has 0 spiro atoms. The van der Waals surface area contributed by atoms with Crippen LogP contribution in [-0.4, -0.2) is 39.8 Å². The maximum absolute atomic E-state index is 12.4. The minimum atomic E-state index is -1.55. The van der Waals surface area contributed by atoms with Crippen LogP contribution in [0.4, 0.5) is 0 Å². The lowest BCUT2D eigenvalue weighted by Crippen LogP contribution is -2.36. The third kappa shape index (κ3) is 2.80. The zero-order valence-electron chi connectivity index (χ0n) is 12.6. The molecule has 1 aliphatic rings. The number of carboxylic acid groups (broad SMARTS) is 1. The number of fused-ring (bicyclic) bond motifs is 1. The molecule has 24 heavy (non-hydrogen) atoms. The minimum absolute atomic E-state index is 0.239. The molecular formula is C18H15NO5. The Morgan fingerprint density at radius 3 is 2.42 bits per heavy atom. The van der Waals surface area contributed by atoms with Gasteiger partial charge in [-0.2, -0.15) is 0 Å². The molecule has 1 atom stereocenters. The Morgan fingerprint density at radius 1 is 1.04 bits per heavy atom. The molecule has 0 fully saturated rings. The van der Waals surface area contributed by atoms with Crippen molar-refractivity contribution in [2.24, 2.45) is 0 Å². The lowest BCUT2D eigenvalue weighted by molar-refractivity contribution is -0.136. The van der Waals surface area contributed by atoms with Gasteiger partial charge in [0.1, 0.15) is 12.0 Å². The summed E-state index contributed by atoms with van der Waals surface area (Å²) in [5, 5.41) is 31.2. The predicted octanol–water partition coefficient (Wildman–Crippen LogP) is 1.81. The van der Waals surface area contributed by atoms with E-state index in [4.69, 9.17) is 5.11 Å². The fraction of sp³-hybridized carbons (Fsp3) is 0.111. The maximum atomic E-state index is 12.4. The van der Waals surface area contributed by atoms with E-state index in [0.717, 1.165) is 11.1 Å². The number of ketones is 1. The van der Waals surface area contributed by atoms with Crippen molar-refractivity contribution in [3.8, 4) is 11.1 Å². The van der Waals surface area contributed by atoms with Crippen molar-refractivity contribution >= 4 is 17.5 Å². The molecule has 0 aromatic heterocycles. The minimum Gasteiger partial charge on any atom is -0.507 e. The molecule has 0 saturated heterocycles. The van der Waals surface area contributed by atoms with Gasteiger partial charge in [-0.1, -0.05) is 36.4 Å². The fourth-order valence-electron chi connectivity index (χ4n) is 2.69. The van der Waals surface area contributed by atoms with Crippen LogP contribution in [0.1, 0.15) is 15.9 Å². The number of nitrogens with one attached hydrogen (secondary N) is 1. The lowest BCUT2D eigenvalue weighted by Gasteiger charge is -2.11. The fourth-order valence-corrected chi connectivity index (χ4v) is 2.69.